The second kappa shape index (κ2) is 12.1. The monoisotopic (exact) mass is 483 g/mol. The fraction of sp³-hybridized carbons (Fsp3) is 0.762. The number of thioether (sulfide) groups is 1. The normalized spacial score (nSPS) is 24.1. The number of aliphatic carboxylic acids is 1. The van der Waals surface area contributed by atoms with Crippen molar-refractivity contribution in [3.8, 4) is 0 Å². The van der Waals surface area contributed by atoms with Crippen LogP contribution in [-0.4, -0.2) is 100 Å². The molecule has 2 aliphatic heterocycles. The van der Waals surface area contributed by atoms with Gasteiger partial charge in [0.1, 0.15) is 12.1 Å². The van der Waals surface area contributed by atoms with Crippen LogP contribution in [0.2, 0.25) is 0 Å². The van der Waals surface area contributed by atoms with Crippen molar-refractivity contribution in [2.75, 3.05) is 37.7 Å². The lowest BCUT2D eigenvalue weighted by molar-refractivity contribution is -0.142. The number of carbonyl (C=O) groups excluding carboxylic acids is 4. The molecule has 2 atom stereocenters. The summed E-state index contributed by atoms with van der Waals surface area (Å²) in [6.45, 7) is 1.03. The molecular weight excluding hydrogens is 450 g/mol. The molecule has 2 saturated heterocycles. The summed E-state index contributed by atoms with van der Waals surface area (Å²) in [5, 5.41) is 17.3. The number of amides is 5. The van der Waals surface area contributed by atoms with Crippen LogP contribution in [0.1, 0.15) is 44.9 Å². The molecule has 12 heteroatoms. The highest BCUT2D eigenvalue weighted by Crippen LogP contribution is 2.19. The third-order valence-electron chi connectivity index (χ3n) is 6.28. The Morgan fingerprint density at radius 2 is 1.76 bits per heavy atom. The van der Waals surface area contributed by atoms with E-state index in [2.05, 4.69) is 16.0 Å². The summed E-state index contributed by atoms with van der Waals surface area (Å²) in [4.78, 5) is 64.5. The first-order valence-corrected chi connectivity index (χ1v) is 12.7. The molecule has 2 unspecified atom stereocenters. The molecule has 11 nitrogen and oxygen atoms in total. The van der Waals surface area contributed by atoms with Crippen molar-refractivity contribution in [2.24, 2.45) is 0 Å². The number of piperazine rings is 1. The molecule has 0 aromatic rings. The van der Waals surface area contributed by atoms with Gasteiger partial charge in [-0.25, -0.2) is 4.79 Å². The summed E-state index contributed by atoms with van der Waals surface area (Å²) in [7, 11) is 0. The van der Waals surface area contributed by atoms with Crippen molar-refractivity contribution < 1.29 is 29.1 Å². The molecule has 184 valence electrons. The van der Waals surface area contributed by atoms with E-state index in [-0.39, 0.29) is 55.0 Å². The summed E-state index contributed by atoms with van der Waals surface area (Å²) < 4.78 is 0. The summed E-state index contributed by atoms with van der Waals surface area (Å²) in [6.07, 6.45) is 6.46. The third kappa shape index (κ3) is 7.24. The van der Waals surface area contributed by atoms with Gasteiger partial charge in [-0.1, -0.05) is 19.3 Å². The van der Waals surface area contributed by atoms with E-state index in [4.69, 9.17) is 5.11 Å². The quantitative estimate of drug-likeness (QED) is 0.390. The van der Waals surface area contributed by atoms with Crippen molar-refractivity contribution in [3.05, 3.63) is 0 Å². The smallest absolute Gasteiger partial charge is 0.317 e. The van der Waals surface area contributed by atoms with Gasteiger partial charge in [0.2, 0.25) is 17.7 Å². The van der Waals surface area contributed by atoms with Crippen molar-refractivity contribution in [2.45, 2.75) is 63.1 Å². The van der Waals surface area contributed by atoms with E-state index in [0.717, 1.165) is 43.9 Å². The molecule has 4 N–H and O–H groups in total. The van der Waals surface area contributed by atoms with Crippen molar-refractivity contribution >= 4 is 41.5 Å². The summed E-state index contributed by atoms with van der Waals surface area (Å²) >= 11 is 0.964. The second-order valence-corrected chi connectivity index (χ2v) is 9.70. The van der Waals surface area contributed by atoms with Crippen molar-refractivity contribution in [1.29, 1.82) is 0 Å². The Morgan fingerprint density at radius 1 is 1.00 bits per heavy atom. The van der Waals surface area contributed by atoms with Gasteiger partial charge in [-0.15, -0.1) is 11.8 Å². The van der Waals surface area contributed by atoms with Crippen LogP contribution in [0, 0.1) is 0 Å². The summed E-state index contributed by atoms with van der Waals surface area (Å²) in [6, 6.07) is -1.74. The van der Waals surface area contributed by atoms with Gasteiger partial charge in [-0.3, -0.25) is 19.2 Å². The molecule has 0 radical (unpaired) electrons. The number of carbonyl (C=O) groups is 5. The van der Waals surface area contributed by atoms with Gasteiger partial charge in [0, 0.05) is 25.7 Å². The van der Waals surface area contributed by atoms with Crippen LogP contribution in [0.4, 0.5) is 4.79 Å². The Kier molecular flexibility index (Phi) is 9.21. The SMILES string of the molecule is O=C(O)CSCC(=O)N1CCN(C(=O)NC2CCCCC2)CC1C(=O)NC1CCCNC1=O. The predicted octanol–water partition coefficient (Wildman–Crippen LogP) is -0.246. The molecular formula is C21H33N5O6S. The first-order valence-electron chi connectivity index (χ1n) is 11.6. The lowest BCUT2D eigenvalue weighted by Gasteiger charge is -2.41. The number of carboxylic acids is 1. The van der Waals surface area contributed by atoms with Crippen molar-refractivity contribution in [3.63, 3.8) is 0 Å². The first-order chi connectivity index (χ1) is 15.8. The number of nitrogens with one attached hydrogen (secondary N) is 3. The molecule has 3 aliphatic rings. The zero-order valence-electron chi connectivity index (χ0n) is 18.7. The molecule has 0 aromatic heterocycles. The van der Waals surface area contributed by atoms with Crippen LogP contribution in [0.3, 0.4) is 0 Å². The molecule has 5 amide bonds. The molecule has 2 heterocycles. The summed E-state index contributed by atoms with van der Waals surface area (Å²) in [5.74, 6) is -2.41. The fourth-order valence-corrected chi connectivity index (χ4v) is 5.11. The first kappa shape index (κ1) is 25.1. The average molecular weight is 484 g/mol. The highest BCUT2D eigenvalue weighted by molar-refractivity contribution is 8.00. The topological polar surface area (TPSA) is 148 Å². The number of carboxylic acid groups (broad SMARTS) is 1. The van der Waals surface area contributed by atoms with Crippen LogP contribution in [0.15, 0.2) is 0 Å². The highest BCUT2D eigenvalue weighted by atomic mass is 32.2. The van der Waals surface area contributed by atoms with Crippen molar-refractivity contribution in [1.82, 2.24) is 25.8 Å². The predicted molar refractivity (Wildman–Crippen MR) is 122 cm³/mol. The number of nitrogens with zero attached hydrogens (tertiary/aromatic N) is 2. The van der Waals surface area contributed by atoms with Crippen LogP contribution in [0.5, 0.6) is 0 Å². The summed E-state index contributed by atoms with van der Waals surface area (Å²) in [5.41, 5.74) is 0. The molecule has 3 rings (SSSR count). The maximum Gasteiger partial charge on any atom is 0.317 e. The van der Waals surface area contributed by atoms with E-state index in [1.54, 1.807) is 4.90 Å². The van der Waals surface area contributed by atoms with Crippen LogP contribution >= 0.6 is 11.8 Å². The van der Waals surface area contributed by atoms with Gasteiger partial charge >= 0.3 is 12.0 Å². The molecule has 33 heavy (non-hydrogen) atoms. The van der Waals surface area contributed by atoms with Gasteiger partial charge < -0.3 is 30.9 Å². The molecule has 0 bridgehead atoms. The number of piperidine rings is 1. The van der Waals surface area contributed by atoms with E-state index in [1.807, 2.05) is 0 Å². The van der Waals surface area contributed by atoms with Gasteiger partial charge in [-0.05, 0) is 25.7 Å². The van der Waals surface area contributed by atoms with Gasteiger partial charge in [0.25, 0.3) is 0 Å². The van der Waals surface area contributed by atoms with Crippen LogP contribution < -0.4 is 16.0 Å². The Hall–Kier alpha value is -2.50. The Bertz CT molecular complexity index is 759. The number of hydrogen-bond acceptors (Lipinski definition) is 6. The maximum absolute atomic E-state index is 13.1. The van der Waals surface area contributed by atoms with Gasteiger partial charge in [0.15, 0.2) is 0 Å². The minimum Gasteiger partial charge on any atom is -0.481 e. The maximum atomic E-state index is 13.1. The van der Waals surface area contributed by atoms with Gasteiger partial charge in [-0.2, -0.15) is 0 Å². The highest BCUT2D eigenvalue weighted by Gasteiger charge is 2.38. The number of hydrogen-bond donors (Lipinski definition) is 4. The van der Waals surface area contributed by atoms with E-state index < -0.39 is 24.0 Å². The van der Waals surface area contributed by atoms with E-state index >= 15 is 0 Å². The van der Waals surface area contributed by atoms with E-state index in [0.29, 0.717) is 13.0 Å². The minimum absolute atomic E-state index is 0.0219. The van der Waals surface area contributed by atoms with Gasteiger partial charge in [0.05, 0.1) is 18.1 Å². The Morgan fingerprint density at radius 3 is 2.45 bits per heavy atom. The number of urea groups is 1. The zero-order chi connectivity index (χ0) is 23.8. The third-order valence-corrected chi connectivity index (χ3v) is 7.18. The molecule has 3 fully saturated rings. The largest absolute Gasteiger partial charge is 0.481 e. The standard InChI is InChI=1S/C21H33N5O6S/c27-17(12-33-13-18(28)29)26-10-9-25(21(32)23-14-5-2-1-3-6-14)11-16(26)20(31)24-15-7-4-8-22-19(15)30/h14-16H,1-13H2,(H,22,30)(H,23,32)(H,24,31)(H,28,29). The minimum atomic E-state index is -1.02. The second-order valence-electron chi connectivity index (χ2n) is 8.71. The Balaban J connectivity index is 1.65. The number of rotatable bonds is 7. The zero-order valence-corrected chi connectivity index (χ0v) is 19.5. The van der Waals surface area contributed by atoms with E-state index in [9.17, 15) is 24.0 Å². The van der Waals surface area contributed by atoms with Crippen LogP contribution in [-0.2, 0) is 19.2 Å². The molecule has 0 aromatic carbocycles. The van der Waals surface area contributed by atoms with Crippen LogP contribution in [0.25, 0.3) is 0 Å². The molecule has 1 saturated carbocycles. The molecule has 0 spiro atoms. The Labute approximate surface area is 197 Å². The fourth-order valence-electron chi connectivity index (χ4n) is 4.49. The lowest BCUT2D eigenvalue weighted by Crippen LogP contribution is -2.65. The van der Waals surface area contributed by atoms with E-state index in [1.165, 1.54) is 11.3 Å². The average Bonchev–Trinajstić information content (AvgIpc) is 2.80. The molecule has 1 aliphatic carbocycles. The lowest BCUT2D eigenvalue weighted by atomic mass is 9.96.